The van der Waals surface area contributed by atoms with Gasteiger partial charge in [0.2, 0.25) is 5.91 Å². The predicted octanol–water partition coefficient (Wildman–Crippen LogP) is 4.36. The van der Waals surface area contributed by atoms with Crippen molar-refractivity contribution >= 4 is 23.4 Å². The van der Waals surface area contributed by atoms with Crippen LogP contribution in [-0.2, 0) is 11.8 Å². The van der Waals surface area contributed by atoms with Crippen molar-refractivity contribution in [1.82, 2.24) is 14.8 Å². The number of nitrogens with zero attached hydrogens (tertiary/aromatic N) is 3. The molecule has 1 atom stereocenters. The first-order valence-corrected chi connectivity index (χ1v) is 9.44. The van der Waals surface area contributed by atoms with Gasteiger partial charge in [-0.15, -0.1) is 10.2 Å². The van der Waals surface area contributed by atoms with Crippen LogP contribution in [0.2, 0.25) is 0 Å². The number of carbonyl (C=O) groups is 1. The molecule has 1 N–H and O–H groups in total. The molecular weight excluding hydrogens is 363 g/mol. The number of amides is 1. The second-order valence-electron chi connectivity index (χ2n) is 6.39. The van der Waals surface area contributed by atoms with Crippen LogP contribution in [0.5, 0.6) is 0 Å². The van der Waals surface area contributed by atoms with Gasteiger partial charge < -0.3 is 9.88 Å². The van der Waals surface area contributed by atoms with Crippen LogP contribution < -0.4 is 5.32 Å². The number of hydrogen-bond acceptors (Lipinski definition) is 4. The van der Waals surface area contributed by atoms with Crippen molar-refractivity contribution in [2.75, 3.05) is 5.32 Å². The smallest absolute Gasteiger partial charge is 0.237 e. The standard InChI is InChI=1S/C20H21FN4OS/c1-12-7-5-6-8-16(12)18-23-24-20(25(18)4)27-14(3)19(26)22-15-10-9-13(2)17(21)11-15/h5-11,14H,1-4H3,(H,22,26)/t14-/m0/s1. The second kappa shape index (κ2) is 7.92. The maximum atomic E-state index is 13.6. The van der Waals surface area contributed by atoms with Gasteiger partial charge in [-0.1, -0.05) is 42.1 Å². The first kappa shape index (κ1) is 19.1. The molecule has 0 fully saturated rings. The van der Waals surface area contributed by atoms with Gasteiger partial charge in [0.05, 0.1) is 5.25 Å². The van der Waals surface area contributed by atoms with E-state index in [-0.39, 0.29) is 11.7 Å². The largest absolute Gasteiger partial charge is 0.325 e. The fourth-order valence-electron chi connectivity index (χ4n) is 2.60. The first-order valence-electron chi connectivity index (χ1n) is 8.56. The van der Waals surface area contributed by atoms with Crippen LogP contribution in [0.15, 0.2) is 47.6 Å². The molecule has 0 saturated heterocycles. The van der Waals surface area contributed by atoms with E-state index in [0.29, 0.717) is 16.4 Å². The van der Waals surface area contributed by atoms with Gasteiger partial charge in [0, 0.05) is 18.3 Å². The van der Waals surface area contributed by atoms with Crippen molar-refractivity contribution < 1.29 is 9.18 Å². The summed E-state index contributed by atoms with van der Waals surface area (Å²) in [6.45, 7) is 5.49. The van der Waals surface area contributed by atoms with Crippen molar-refractivity contribution in [2.45, 2.75) is 31.2 Å². The van der Waals surface area contributed by atoms with Gasteiger partial charge in [0.15, 0.2) is 11.0 Å². The Kier molecular flexibility index (Phi) is 5.60. The summed E-state index contributed by atoms with van der Waals surface area (Å²) < 4.78 is 15.5. The topological polar surface area (TPSA) is 59.8 Å². The molecular formula is C20H21FN4OS. The number of anilines is 1. The molecule has 0 saturated carbocycles. The Morgan fingerprint density at radius 2 is 1.89 bits per heavy atom. The highest BCUT2D eigenvalue weighted by molar-refractivity contribution is 8.00. The highest BCUT2D eigenvalue weighted by Crippen LogP contribution is 2.27. The highest BCUT2D eigenvalue weighted by Gasteiger charge is 2.20. The van der Waals surface area contributed by atoms with Crippen molar-refractivity contribution in [2.24, 2.45) is 7.05 Å². The summed E-state index contributed by atoms with van der Waals surface area (Å²) in [7, 11) is 1.88. The van der Waals surface area contributed by atoms with Crippen molar-refractivity contribution in [3.8, 4) is 11.4 Å². The third-order valence-corrected chi connectivity index (χ3v) is 5.45. The fraction of sp³-hybridized carbons (Fsp3) is 0.250. The minimum Gasteiger partial charge on any atom is -0.325 e. The molecule has 0 aliphatic rings. The lowest BCUT2D eigenvalue weighted by molar-refractivity contribution is -0.115. The molecule has 3 rings (SSSR count). The summed E-state index contributed by atoms with van der Waals surface area (Å²) in [5.41, 5.74) is 3.09. The molecule has 140 valence electrons. The van der Waals surface area contributed by atoms with Crippen LogP contribution in [0, 0.1) is 19.7 Å². The fourth-order valence-corrected chi connectivity index (χ4v) is 3.42. The van der Waals surface area contributed by atoms with E-state index in [1.165, 1.54) is 17.8 Å². The van der Waals surface area contributed by atoms with Gasteiger partial charge in [-0.25, -0.2) is 4.39 Å². The number of rotatable bonds is 5. The third-order valence-electron chi connectivity index (χ3n) is 4.31. The molecule has 1 amide bonds. The quantitative estimate of drug-likeness (QED) is 0.664. The molecule has 0 unspecified atom stereocenters. The zero-order valence-corrected chi connectivity index (χ0v) is 16.5. The Morgan fingerprint density at radius 3 is 2.59 bits per heavy atom. The third kappa shape index (κ3) is 4.19. The molecule has 2 aromatic carbocycles. The average Bonchev–Trinajstić information content (AvgIpc) is 2.99. The van der Waals surface area contributed by atoms with Crippen LogP contribution in [0.1, 0.15) is 18.1 Å². The number of benzene rings is 2. The average molecular weight is 384 g/mol. The summed E-state index contributed by atoms with van der Waals surface area (Å²) in [4.78, 5) is 12.4. The molecule has 0 spiro atoms. The molecule has 0 aliphatic carbocycles. The number of halogens is 1. The molecule has 0 bridgehead atoms. The van der Waals surface area contributed by atoms with E-state index in [1.54, 1.807) is 26.0 Å². The molecule has 0 aliphatic heterocycles. The Hall–Kier alpha value is -2.67. The Bertz CT molecular complexity index is 986. The Balaban J connectivity index is 1.72. The minimum atomic E-state index is -0.415. The number of carbonyl (C=O) groups excluding carboxylic acids is 1. The predicted molar refractivity (Wildman–Crippen MR) is 106 cm³/mol. The summed E-state index contributed by atoms with van der Waals surface area (Å²) in [6.07, 6.45) is 0. The number of hydrogen-bond donors (Lipinski definition) is 1. The summed E-state index contributed by atoms with van der Waals surface area (Å²) in [6, 6.07) is 12.6. The van der Waals surface area contributed by atoms with Gasteiger partial charge in [0.1, 0.15) is 5.82 Å². The molecule has 1 heterocycles. The monoisotopic (exact) mass is 384 g/mol. The highest BCUT2D eigenvalue weighted by atomic mass is 32.2. The van der Waals surface area contributed by atoms with Crippen LogP contribution in [-0.4, -0.2) is 25.9 Å². The van der Waals surface area contributed by atoms with Gasteiger partial charge in [-0.2, -0.15) is 0 Å². The number of aromatic nitrogens is 3. The zero-order chi connectivity index (χ0) is 19.6. The van der Waals surface area contributed by atoms with E-state index in [0.717, 1.165) is 17.0 Å². The lowest BCUT2D eigenvalue weighted by Gasteiger charge is -2.12. The molecule has 7 heteroatoms. The van der Waals surface area contributed by atoms with Gasteiger partial charge >= 0.3 is 0 Å². The lowest BCUT2D eigenvalue weighted by atomic mass is 10.1. The zero-order valence-electron chi connectivity index (χ0n) is 15.7. The lowest BCUT2D eigenvalue weighted by Crippen LogP contribution is -2.23. The van der Waals surface area contributed by atoms with E-state index >= 15 is 0 Å². The van der Waals surface area contributed by atoms with E-state index in [1.807, 2.05) is 42.8 Å². The maximum absolute atomic E-state index is 13.6. The number of thioether (sulfide) groups is 1. The molecule has 3 aromatic rings. The number of aryl methyl sites for hydroxylation is 2. The van der Waals surface area contributed by atoms with Crippen LogP contribution in [0.25, 0.3) is 11.4 Å². The van der Waals surface area contributed by atoms with Crippen LogP contribution in [0.3, 0.4) is 0 Å². The van der Waals surface area contributed by atoms with E-state index < -0.39 is 5.25 Å². The summed E-state index contributed by atoms with van der Waals surface area (Å²) in [5.74, 6) is 0.191. The van der Waals surface area contributed by atoms with E-state index in [9.17, 15) is 9.18 Å². The maximum Gasteiger partial charge on any atom is 0.237 e. The van der Waals surface area contributed by atoms with Crippen LogP contribution >= 0.6 is 11.8 Å². The van der Waals surface area contributed by atoms with Gasteiger partial charge in [0.25, 0.3) is 0 Å². The van der Waals surface area contributed by atoms with Crippen molar-refractivity contribution in [3.63, 3.8) is 0 Å². The van der Waals surface area contributed by atoms with Crippen molar-refractivity contribution in [3.05, 3.63) is 59.4 Å². The van der Waals surface area contributed by atoms with Crippen molar-refractivity contribution in [1.29, 1.82) is 0 Å². The Labute approximate surface area is 162 Å². The summed E-state index contributed by atoms with van der Waals surface area (Å²) >= 11 is 1.31. The van der Waals surface area contributed by atoms with Gasteiger partial charge in [-0.3, -0.25) is 4.79 Å². The van der Waals surface area contributed by atoms with E-state index in [4.69, 9.17) is 0 Å². The SMILES string of the molecule is Cc1ccc(NC(=O)[C@H](C)Sc2nnc(-c3ccccc3C)n2C)cc1F. The van der Waals surface area contributed by atoms with Crippen LogP contribution in [0.4, 0.5) is 10.1 Å². The minimum absolute atomic E-state index is 0.219. The van der Waals surface area contributed by atoms with Gasteiger partial charge in [-0.05, 0) is 44.0 Å². The molecule has 27 heavy (non-hydrogen) atoms. The van der Waals surface area contributed by atoms with E-state index in [2.05, 4.69) is 15.5 Å². The second-order valence-corrected chi connectivity index (χ2v) is 7.70. The normalized spacial score (nSPS) is 12.0. The molecule has 0 radical (unpaired) electrons. The Morgan fingerprint density at radius 1 is 1.15 bits per heavy atom. The molecule has 1 aromatic heterocycles. The number of nitrogens with one attached hydrogen (secondary N) is 1. The summed E-state index contributed by atoms with van der Waals surface area (Å²) in [5, 5.41) is 11.5. The molecule has 5 nitrogen and oxygen atoms in total. The first-order chi connectivity index (χ1) is 12.9.